The standard InChI is InChI=1S/C9H5F6NO/c10-8(11,12)6-4(3-17)1-2-5(16)7(6)9(13,14)15/h1-3H,16H2. The number of nitrogen functional groups attached to an aromatic ring is 1. The number of anilines is 1. The number of benzene rings is 1. The van der Waals surface area contributed by atoms with E-state index in [1.807, 2.05) is 0 Å². The summed E-state index contributed by atoms with van der Waals surface area (Å²) in [5, 5.41) is 0. The van der Waals surface area contributed by atoms with Crippen molar-refractivity contribution in [2.24, 2.45) is 0 Å². The van der Waals surface area contributed by atoms with E-state index in [1.54, 1.807) is 0 Å². The third-order valence-corrected chi connectivity index (χ3v) is 1.96. The zero-order chi connectivity index (χ0) is 13.4. The van der Waals surface area contributed by atoms with Crippen LogP contribution in [-0.4, -0.2) is 6.29 Å². The molecule has 2 N–H and O–H groups in total. The summed E-state index contributed by atoms with van der Waals surface area (Å²) in [5.41, 5.74) is -1.37. The van der Waals surface area contributed by atoms with Gasteiger partial charge in [0.15, 0.2) is 6.29 Å². The van der Waals surface area contributed by atoms with E-state index in [2.05, 4.69) is 0 Å². The summed E-state index contributed by atoms with van der Waals surface area (Å²) in [5.74, 6) is 0. The lowest BCUT2D eigenvalue weighted by molar-refractivity contribution is -0.161. The van der Waals surface area contributed by atoms with Crippen molar-refractivity contribution in [1.29, 1.82) is 0 Å². The Morgan fingerprint density at radius 2 is 1.41 bits per heavy atom. The van der Waals surface area contributed by atoms with Crippen LogP contribution < -0.4 is 5.73 Å². The van der Waals surface area contributed by atoms with Crippen LogP contribution in [0.3, 0.4) is 0 Å². The fourth-order valence-corrected chi connectivity index (χ4v) is 1.34. The molecule has 0 radical (unpaired) electrons. The Kier molecular flexibility index (Phi) is 3.09. The van der Waals surface area contributed by atoms with Crippen LogP contribution in [0.1, 0.15) is 21.5 Å². The molecule has 94 valence electrons. The van der Waals surface area contributed by atoms with Gasteiger partial charge in [0.25, 0.3) is 0 Å². The Labute approximate surface area is 91.0 Å². The molecule has 0 atom stereocenters. The quantitative estimate of drug-likeness (QED) is 0.477. The van der Waals surface area contributed by atoms with Gasteiger partial charge < -0.3 is 5.73 Å². The first-order valence-electron chi connectivity index (χ1n) is 4.11. The molecule has 0 aromatic heterocycles. The summed E-state index contributed by atoms with van der Waals surface area (Å²) in [6.45, 7) is 0. The second kappa shape index (κ2) is 3.94. The van der Waals surface area contributed by atoms with Gasteiger partial charge in [-0.1, -0.05) is 0 Å². The number of carbonyl (C=O) groups is 1. The average Bonchev–Trinajstić information content (AvgIpc) is 2.13. The van der Waals surface area contributed by atoms with E-state index < -0.39 is 34.7 Å². The zero-order valence-corrected chi connectivity index (χ0v) is 7.99. The molecule has 0 spiro atoms. The normalized spacial score (nSPS) is 12.6. The number of rotatable bonds is 1. The van der Waals surface area contributed by atoms with E-state index in [-0.39, 0.29) is 6.29 Å². The molecular weight excluding hydrogens is 252 g/mol. The number of halogens is 6. The van der Waals surface area contributed by atoms with Gasteiger partial charge in [-0.2, -0.15) is 26.3 Å². The van der Waals surface area contributed by atoms with E-state index in [0.717, 1.165) is 0 Å². The third kappa shape index (κ3) is 2.51. The monoisotopic (exact) mass is 257 g/mol. The Morgan fingerprint density at radius 3 is 1.76 bits per heavy atom. The smallest absolute Gasteiger partial charge is 0.398 e. The highest BCUT2D eigenvalue weighted by atomic mass is 19.4. The van der Waals surface area contributed by atoms with E-state index in [4.69, 9.17) is 5.73 Å². The molecule has 17 heavy (non-hydrogen) atoms. The summed E-state index contributed by atoms with van der Waals surface area (Å²) >= 11 is 0. The van der Waals surface area contributed by atoms with Crippen molar-refractivity contribution in [2.75, 3.05) is 5.73 Å². The first-order chi connectivity index (χ1) is 7.59. The van der Waals surface area contributed by atoms with Crippen LogP contribution in [0.5, 0.6) is 0 Å². The van der Waals surface area contributed by atoms with E-state index >= 15 is 0 Å². The lowest BCUT2D eigenvalue weighted by atomic mass is 9.99. The fraction of sp³-hybridized carbons (Fsp3) is 0.222. The van der Waals surface area contributed by atoms with Crippen molar-refractivity contribution in [2.45, 2.75) is 12.4 Å². The average molecular weight is 257 g/mol. The zero-order valence-electron chi connectivity index (χ0n) is 7.99. The van der Waals surface area contributed by atoms with Crippen LogP contribution in [0.25, 0.3) is 0 Å². The number of hydrogen-bond acceptors (Lipinski definition) is 2. The first-order valence-corrected chi connectivity index (χ1v) is 4.11. The minimum atomic E-state index is -5.31. The van der Waals surface area contributed by atoms with Gasteiger partial charge in [-0.05, 0) is 12.1 Å². The summed E-state index contributed by atoms with van der Waals surface area (Å²) in [6.07, 6.45) is -10.9. The van der Waals surface area contributed by atoms with Gasteiger partial charge in [-0.3, -0.25) is 4.79 Å². The fourth-order valence-electron chi connectivity index (χ4n) is 1.34. The summed E-state index contributed by atoms with van der Waals surface area (Å²) in [4.78, 5) is 10.4. The second-order valence-corrected chi connectivity index (χ2v) is 3.11. The molecule has 8 heteroatoms. The maximum Gasteiger partial charge on any atom is 0.419 e. The van der Waals surface area contributed by atoms with Gasteiger partial charge in [0.05, 0.1) is 11.1 Å². The summed E-state index contributed by atoms with van der Waals surface area (Å²) < 4.78 is 74.9. The van der Waals surface area contributed by atoms with Crippen LogP contribution in [0.4, 0.5) is 32.0 Å². The van der Waals surface area contributed by atoms with Gasteiger partial charge in [0, 0.05) is 11.3 Å². The number of carbonyl (C=O) groups excluding carboxylic acids is 1. The van der Waals surface area contributed by atoms with E-state index in [9.17, 15) is 31.1 Å². The van der Waals surface area contributed by atoms with Crippen molar-refractivity contribution in [1.82, 2.24) is 0 Å². The lowest BCUT2D eigenvalue weighted by Gasteiger charge is -2.18. The van der Waals surface area contributed by atoms with Gasteiger partial charge in [0.2, 0.25) is 0 Å². The molecule has 0 fully saturated rings. The highest BCUT2D eigenvalue weighted by Crippen LogP contribution is 2.44. The van der Waals surface area contributed by atoms with Crippen LogP contribution >= 0.6 is 0 Å². The number of hydrogen-bond donors (Lipinski definition) is 1. The van der Waals surface area contributed by atoms with E-state index in [0.29, 0.717) is 12.1 Å². The third-order valence-electron chi connectivity index (χ3n) is 1.96. The molecule has 1 aromatic rings. The van der Waals surface area contributed by atoms with Gasteiger partial charge in [-0.15, -0.1) is 0 Å². The summed E-state index contributed by atoms with van der Waals surface area (Å²) in [7, 11) is 0. The number of aldehydes is 1. The van der Waals surface area contributed by atoms with Gasteiger partial charge in [0.1, 0.15) is 0 Å². The van der Waals surface area contributed by atoms with E-state index in [1.165, 1.54) is 0 Å². The highest BCUT2D eigenvalue weighted by Gasteiger charge is 2.46. The first kappa shape index (κ1) is 13.3. The second-order valence-electron chi connectivity index (χ2n) is 3.11. The van der Waals surface area contributed by atoms with Crippen LogP contribution in [0.15, 0.2) is 12.1 Å². The molecule has 0 aliphatic heterocycles. The highest BCUT2D eigenvalue weighted by molar-refractivity contribution is 5.80. The van der Waals surface area contributed by atoms with Gasteiger partial charge >= 0.3 is 12.4 Å². The van der Waals surface area contributed by atoms with Crippen LogP contribution in [0, 0.1) is 0 Å². The topological polar surface area (TPSA) is 43.1 Å². The minimum absolute atomic E-state index is 0.294. The van der Waals surface area contributed by atoms with Crippen LogP contribution in [-0.2, 0) is 12.4 Å². The Bertz CT molecular complexity index is 448. The van der Waals surface area contributed by atoms with Crippen molar-refractivity contribution in [3.8, 4) is 0 Å². The number of nitrogens with two attached hydrogens (primary N) is 1. The molecule has 2 nitrogen and oxygen atoms in total. The molecular formula is C9H5F6NO. The Hall–Kier alpha value is -1.73. The van der Waals surface area contributed by atoms with Crippen molar-refractivity contribution < 1.29 is 31.1 Å². The molecule has 0 amide bonds. The Balaban J connectivity index is 3.73. The van der Waals surface area contributed by atoms with Crippen LogP contribution in [0.2, 0.25) is 0 Å². The van der Waals surface area contributed by atoms with Gasteiger partial charge in [-0.25, -0.2) is 0 Å². The lowest BCUT2D eigenvalue weighted by Crippen LogP contribution is -2.20. The molecule has 0 heterocycles. The molecule has 0 aliphatic carbocycles. The molecule has 0 unspecified atom stereocenters. The van der Waals surface area contributed by atoms with Crippen molar-refractivity contribution >= 4 is 12.0 Å². The predicted octanol–water partition coefficient (Wildman–Crippen LogP) is 3.12. The molecule has 0 aliphatic rings. The summed E-state index contributed by atoms with van der Waals surface area (Å²) in [6, 6.07) is 1.21. The van der Waals surface area contributed by atoms with Crippen molar-refractivity contribution in [3.05, 3.63) is 28.8 Å². The minimum Gasteiger partial charge on any atom is -0.398 e. The molecule has 1 rings (SSSR count). The number of alkyl halides is 6. The Morgan fingerprint density at radius 1 is 0.941 bits per heavy atom. The maximum absolute atomic E-state index is 12.5. The largest absolute Gasteiger partial charge is 0.419 e. The maximum atomic E-state index is 12.5. The SMILES string of the molecule is Nc1ccc(C=O)c(C(F)(F)F)c1C(F)(F)F. The predicted molar refractivity (Wildman–Crippen MR) is 46.2 cm³/mol. The molecule has 0 bridgehead atoms. The van der Waals surface area contributed by atoms with Crippen molar-refractivity contribution in [3.63, 3.8) is 0 Å². The molecule has 1 aromatic carbocycles. The molecule has 0 saturated heterocycles. The molecule has 0 saturated carbocycles.